The SMILES string of the molecule is CCn1ccnc1CC(=O)C=C(C)C. The van der Waals surface area contributed by atoms with E-state index < -0.39 is 0 Å². The fraction of sp³-hybridized carbons (Fsp3) is 0.455. The smallest absolute Gasteiger partial charge is 0.163 e. The minimum absolute atomic E-state index is 0.117. The lowest BCUT2D eigenvalue weighted by molar-refractivity contribution is -0.114. The molecule has 0 spiro atoms. The molecule has 1 aromatic rings. The Balaban J connectivity index is 2.69. The highest BCUT2D eigenvalue weighted by atomic mass is 16.1. The van der Waals surface area contributed by atoms with Crippen molar-refractivity contribution in [2.45, 2.75) is 33.7 Å². The molecular formula is C11H16N2O. The topological polar surface area (TPSA) is 34.9 Å². The molecule has 0 aliphatic heterocycles. The average molecular weight is 192 g/mol. The Morgan fingerprint density at radius 2 is 2.29 bits per heavy atom. The summed E-state index contributed by atoms with van der Waals surface area (Å²) in [5.74, 6) is 0.959. The van der Waals surface area contributed by atoms with Gasteiger partial charge in [0.05, 0.1) is 6.42 Å². The van der Waals surface area contributed by atoms with Gasteiger partial charge in [-0.1, -0.05) is 5.57 Å². The number of hydrogen-bond donors (Lipinski definition) is 0. The zero-order chi connectivity index (χ0) is 10.6. The first-order valence-corrected chi connectivity index (χ1v) is 4.81. The van der Waals surface area contributed by atoms with Crippen molar-refractivity contribution >= 4 is 5.78 Å². The van der Waals surface area contributed by atoms with Crippen molar-refractivity contribution in [3.05, 3.63) is 29.9 Å². The molecule has 0 fully saturated rings. The summed E-state index contributed by atoms with van der Waals surface area (Å²) >= 11 is 0. The van der Waals surface area contributed by atoms with Gasteiger partial charge in [-0.3, -0.25) is 4.79 Å². The van der Waals surface area contributed by atoms with Gasteiger partial charge in [0, 0.05) is 18.9 Å². The monoisotopic (exact) mass is 192 g/mol. The van der Waals surface area contributed by atoms with Crippen LogP contribution in [0.15, 0.2) is 24.0 Å². The predicted octanol–water partition coefficient (Wildman–Crippen LogP) is 1.98. The van der Waals surface area contributed by atoms with Gasteiger partial charge in [0.25, 0.3) is 0 Å². The van der Waals surface area contributed by atoms with E-state index in [9.17, 15) is 4.79 Å². The van der Waals surface area contributed by atoms with Crippen LogP contribution in [0.25, 0.3) is 0 Å². The Kier molecular flexibility index (Phi) is 3.63. The summed E-state index contributed by atoms with van der Waals surface area (Å²) in [7, 11) is 0. The lowest BCUT2D eigenvalue weighted by atomic mass is 10.2. The molecule has 0 amide bonds. The van der Waals surface area contributed by atoms with E-state index in [1.54, 1.807) is 12.3 Å². The number of allylic oxidation sites excluding steroid dienone is 2. The van der Waals surface area contributed by atoms with E-state index in [4.69, 9.17) is 0 Å². The lowest BCUT2D eigenvalue weighted by Crippen LogP contribution is -2.07. The van der Waals surface area contributed by atoms with Crippen LogP contribution in [0.3, 0.4) is 0 Å². The van der Waals surface area contributed by atoms with Gasteiger partial charge < -0.3 is 4.57 Å². The van der Waals surface area contributed by atoms with Crippen molar-refractivity contribution in [2.75, 3.05) is 0 Å². The normalized spacial score (nSPS) is 9.93. The molecule has 1 heterocycles. The van der Waals surface area contributed by atoms with Crippen LogP contribution >= 0.6 is 0 Å². The van der Waals surface area contributed by atoms with E-state index >= 15 is 0 Å². The van der Waals surface area contributed by atoms with Gasteiger partial charge >= 0.3 is 0 Å². The third-order valence-electron chi connectivity index (χ3n) is 1.92. The number of imidazole rings is 1. The number of nitrogens with zero attached hydrogens (tertiary/aromatic N) is 2. The minimum atomic E-state index is 0.117. The Morgan fingerprint density at radius 3 is 2.86 bits per heavy atom. The Labute approximate surface area is 84.5 Å². The van der Waals surface area contributed by atoms with E-state index in [1.807, 2.05) is 31.5 Å². The summed E-state index contributed by atoms with van der Waals surface area (Å²) in [6.45, 7) is 6.74. The second-order valence-electron chi connectivity index (χ2n) is 3.49. The first kappa shape index (κ1) is 10.7. The molecule has 0 aliphatic carbocycles. The molecule has 0 saturated heterocycles. The molecule has 0 saturated carbocycles. The van der Waals surface area contributed by atoms with Crippen molar-refractivity contribution in [2.24, 2.45) is 0 Å². The molecule has 3 heteroatoms. The first-order chi connectivity index (χ1) is 6.63. The van der Waals surface area contributed by atoms with Crippen LogP contribution < -0.4 is 0 Å². The highest BCUT2D eigenvalue weighted by Crippen LogP contribution is 2.01. The highest BCUT2D eigenvalue weighted by molar-refractivity contribution is 5.91. The van der Waals surface area contributed by atoms with Gasteiger partial charge in [-0.15, -0.1) is 0 Å². The molecule has 0 bridgehead atoms. The van der Waals surface area contributed by atoms with Crippen molar-refractivity contribution in [3.63, 3.8) is 0 Å². The van der Waals surface area contributed by atoms with Crippen LogP contribution in [-0.4, -0.2) is 15.3 Å². The van der Waals surface area contributed by atoms with Gasteiger partial charge in [0.2, 0.25) is 0 Å². The number of carbonyl (C=O) groups excluding carboxylic acids is 1. The van der Waals surface area contributed by atoms with Gasteiger partial charge in [-0.2, -0.15) is 0 Å². The number of rotatable bonds is 4. The maximum Gasteiger partial charge on any atom is 0.163 e. The molecule has 0 atom stereocenters. The molecule has 0 radical (unpaired) electrons. The lowest BCUT2D eigenvalue weighted by Gasteiger charge is -2.01. The molecule has 76 valence electrons. The van der Waals surface area contributed by atoms with Crippen LogP contribution in [0, 0.1) is 0 Å². The summed E-state index contributed by atoms with van der Waals surface area (Å²) in [6, 6.07) is 0. The second-order valence-corrected chi connectivity index (χ2v) is 3.49. The number of ketones is 1. The fourth-order valence-corrected chi connectivity index (χ4v) is 1.32. The molecule has 14 heavy (non-hydrogen) atoms. The Morgan fingerprint density at radius 1 is 1.57 bits per heavy atom. The van der Waals surface area contributed by atoms with Gasteiger partial charge in [-0.25, -0.2) is 4.98 Å². The van der Waals surface area contributed by atoms with Gasteiger partial charge in [0.15, 0.2) is 5.78 Å². The number of carbonyl (C=O) groups is 1. The maximum atomic E-state index is 11.5. The molecule has 0 aromatic carbocycles. The molecule has 0 aliphatic rings. The Hall–Kier alpha value is -1.38. The van der Waals surface area contributed by atoms with Crippen LogP contribution in [0.1, 0.15) is 26.6 Å². The van der Waals surface area contributed by atoms with Crippen molar-refractivity contribution in [1.29, 1.82) is 0 Å². The van der Waals surface area contributed by atoms with Crippen LogP contribution in [-0.2, 0) is 17.8 Å². The predicted molar refractivity (Wildman–Crippen MR) is 56.0 cm³/mol. The molecular weight excluding hydrogens is 176 g/mol. The van der Waals surface area contributed by atoms with E-state index in [-0.39, 0.29) is 5.78 Å². The van der Waals surface area contributed by atoms with Crippen molar-refractivity contribution < 1.29 is 4.79 Å². The molecule has 0 unspecified atom stereocenters. The summed E-state index contributed by atoms with van der Waals surface area (Å²) in [6.07, 6.45) is 5.68. The molecule has 3 nitrogen and oxygen atoms in total. The van der Waals surface area contributed by atoms with Crippen LogP contribution in [0.5, 0.6) is 0 Å². The fourth-order valence-electron chi connectivity index (χ4n) is 1.32. The van der Waals surface area contributed by atoms with Gasteiger partial charge in [0.1, 0.15) is 5.82 Å². The van der Waals surface area contributed by atoms with Crippen LogP contribution in [0.2, 0.25) is 0 Å². The first-order valence-electron chi connectivity index (χ1n) is 4.81. The molecule has 0 N–H and O–H groups in total. The number of aromatic nitrogens is 2. The molecule has 1 aromatic heterocycles. The third kappa shape index (κ3) is 2.83. The summed E-state index contributed by atoms with van der Waals surface area (Å²) < 4.78 is 1.98. The standard InChI is InChI=1S/C11H16N2O/c1-4-13-6-5-12-11(13)8-10(14)7-9(2)3/h5-7H,4,8H2,1-3H3. The average Bonchev–Trinajstić information content (AvgIpc) is 2.50. The molecule has 1 rings (SSSR count). The van der Waals surface area contributed by atoms with E-state index in [0.717, 1.165) is 17.9 Å². The minimum Gasteiger partial charge on any atom is -0.335 e. The van der Waals surface area contributed by atoms with E-state index in [0.29, 0.717) is 6.42 Å². The summed E-state index contributed by atoms with van der Waals surface area (Å²) in [5.41, 5.74) is 1.03. The maximum absolute atomic E-state index is 11.5. The zero-order valence-corrected chi connectivity index (χ0v) is 8.95. The largest absolute Gasteiger partial charge is 0.335 e. The van der Waals surface area contributed by atoms with E-state index in [1.165, 1.54) is 0 Å². The summed E-state index contributed by atoms with van der Waals surface area (Å²) in [4.78, 5) is 15.6. The quantitative estimate of drug-likeness (QED) is 0.684. The number of hydrogen-bond acceptors (Lipinski definition) is 2. The Bertz CT molecular complexity index is 346. The second kappa shape index (κ2) is 4.74. The summed E-state index contributed by atoms with van der Waals surface area (Å²) in [5, 5.41) is 0. The number of aryl methyl sites for hydroxylation is 1. The van der Waals surface area contributed by atoms with Crippen molar-refractivity contribution in [1.82, 2.24) is 9.55 Å². The van der Waals surface area contributed by atoms with Crippen molar-refractivity contribution in [3.8, 4) is 0 Å². The van der Waals surface area contributed by atoms with Crippen LogP contribution in [0.4, 0.5) is 0 Å². The zero-order valence-electron chi connectivity index (χ0n) is 8.95. The van der Waals surface area contributed by atoms with Gasteiger partial charge in [-0.05, 0) is 26.8 Å². The van der Waals surface area contributed by atoms with E-state index in [2.05, 4.69) is 4.98 Å². The third-order valence-corrected chi connectivity index (χ3v) is 1.92. The highest BCUT2D eigenvalue weighted by Gasteiger charge is 2.05.